The van der Waals surface area contributed by atoms with E-state index in [-0.39, 0.29) is 11.7 Å². The molecule has 56 valence electrons. The molecule has 1 heterocycles. The lowest BCUT2D eigenvalue weighted by atomic mass is 10.1. The molecule has 0 saturated heterocycles. The molecule has 0 atom stereocenters. The van der Waals surface area contributed by atoms with Crippen LogP contribution >= 0.6 is 11.6 Å². The van der Waals surface area contributed by atoms with E-state index in [9.17, 15) is 4.79 Å². The first kappa shape index (κ1) is 8.40. The monoisotopic (exact) mass is 167 g/mol. The summed E-state index contributed by atoms with van der Waals surface area (Å²) in [4.78, 5) is 11.0. The third kappa shape index (κ3) is 1.48. The molecule has 0 N–H and O–H groups in total. The first-order valence-corrected chi connectivity index (χ1v) is 3.70. The summed E-state index contributed by atoms with van der Waals surface area (Å²) in [5.74, 6) is -0.108. The van der Waals surface area contributed by atoms with Crippen LogP contribution in [0.25, 0.3) is 0 Å². The van der Waals surface area contributed by atoms with Crippen LogP contribution in [0.2, 0.25) is 0 Å². The van der Waals surface area contributed by atoms with E-state index in [0.717, 1.165) is 0 Å². The van der Waals surface area contributed by atoms with Gasteiger partial charge in [0, 0.05) is 7.05 Å². The van der Waals surface area contributed by atoms with Gasteiger partial charge in [-0.3, -0.25) is 4.79 Å². The van der Waals surface area contributed by atoms with Gasteiger partial charge in [-0.05, 0) is 11.7 Å². The predicted molar refractivity (Wildman–Crippen MR) is 45.9 cm³/mol. The summed E-state index contributed by atoms with van der Waals surface area (Å²) in [6, 6.07) is 3.35. The van der Waals surface area contributed by atoms with E-state index >= 15 is 0 Å². The second-order valence-corrected chi connectivity index (χ2v) is 2.53. The zero-order valence-corrected chi connectivity index (χ0v) is 6.93. The van der Waals surface area contributed by atoms with Crippen LogP contribution in [0.5, 0.6) is 0 Å². The molecule has 2 nitrogen and oxygen atoms in total. The largest absolute Gasteiger partial charge is 0.355 e. The van der Waals surface area contributed by atoms with Crippen molar-refractivity contribution in [2.75, 3.05) is 5.88 Å². The molecule has 1 rings (SSSR count). The molecule has 0 amide bonds. The molecule has 0 saturated carbocycles. The number of carbonyl (C=O) groups is 1. The second kappa shape index (κ2) is 3.14. The Bertz CT molecular complexity index is 282. The molecule has 4 heteroatoms. The Morgan fingerprint density at radius 1 is 1.73 bits per heavy atom. The molecule has 1 aromatic rings. The third-order valence-corrected chi connectivity index (χ3v) is 1.81. The fraction of sp³-hybridized carbons (Fsp3) is 0.286. The van der Waals surface area contributed by atoms with Gasteiger partial charge < -0.3 is 4.57 Å². The van der Waals surface area contributed by atoms with E-state index < -0.39 is 0 Å². The first-order chi connectivity index (χ1) is 5.16. The lowest BCUT2D eigenvalue weighted by Crippen LogP contribution is -2.17. The van der Waals surface area contributed by atoms with Crippen molar-refractivity contribution in [3.63, 3.8) is 0 Å². The van der Waals surface area contributed by atoms with Crippen molar-refractivity contribution in [1.29, 1.82) is 0 Å². The summed E-state index contributed by atoms with van der Waals surface area (Å²) < 4.78 is 1.62. The Labute approximate surface area is 71.6 Å². The highest BCUT2D eigenvalue weighted by molar-refractivity contribution is 6.33. The van der Waals surface area contributed by atoms with Crippen LogP contribution in [0, 0.1) is 0 Å². The predicted octanol–water partition coefficient (Wildman–Crippen LogP) is 0.240. The van der Waals surface area contributed by atoms with Gasteiger partial charge in [-0.1, -0.05) is 6.07 Å². The second-order valence-electron chi connectivity index (χ2n) is 2.26. The molecule has 0 spiro atoms. The number of hydrogen-bond donors (Lipinski definition) is 0. The lowest BCUT2D eigenvalue weighted by Gasteiger charge is -2.01. The van der Waals surface area contributed by atoms with Crippen molar-refractivity contribution in [3.8, 4) is 0 Å². The smallest absolute Gasteiger partial charge is 0.193 e. The van der Waals surface area contributed by atoms with Crippen molar-refractivity contribution in [2.24, 2.45) is 7.05 Å². The molecular weight excluding hydrogens is 160 g/mol. The molecular formula is C7H7BClNO. The zero-order chi connectivity index (χ0) is 8.43. The molecule has 0 fully saturated rings. The molecule has 2 radical (unpaired) electrons. The summed E-state index contributed by atoms with van der Waals surface area (Å²) in [6.45, 7) is 0. The highest BCUT2D eigenvalue weighted by Crippen LogP contribution is 1.99. The number of carbonyl (C=O) groups excluding carboxylic acids is 1. The standard InChI is InChI=1S/C7H7BClNO/c1-10-5(6(11)4-9)2-3-7(10)8/h2-3H,4H2,1H3. The lowest BCUT2D eigenvalue weighted by molar-refractivity contribution is 0.101. The van der Waals surface area contributed by atoms with E-state index in [2.05, 4.69) is 0 Å². The fourth-order valence-electron chi connectivity index (χ4n) is 0.875. The van der Waals surface area contributed by atoms with E-state index in [1.54, 1.807) is 23.7 Å². The summed E-state index contributed by atoms with van der Waals surface area (Å²) in [5.41, 5.74) is 1.12. The molecule has 0 aliphatic heterocycles. The van der Waals surface area contributed by atoms with Gasteiger partial charge in [-0.25, -0.2) is 0 Å². The van der Waals surface area contributed by atoms with Gasteiger partial charge in [0.15, 0.2) is 5.78 Å². The number of alkyl halides is 1. The summed E-state index contributed by atoms with van der Waals surface area (Å²) in [7, 11) is 7.23. The van der Waals surface area contributed by atoms with Crippen LogP contribution in [-0.2, 0) is 7.05 Å². The average molecular weight is 167 g/mol. The number of Topliss-reactive ketones (excluding diaryl/α,β-unsaturated/α-hetero) is 1. The van der Waals surface area contributed by atoms with E-state index in [4.69, 9.17) is 19.4 Å². The zero-order valence-electron chi connectivity index (χ0n) is 6.17. The minimum atomic E-state index is -0.106. The molecule has 0 unspecified atom stereocenters. The third-order valence-electron chi connectivity index (χ3n) is 1.57. The maximum Gasteiger partial charge on any atom is 0.193 e. The number of halogens is 1. The molecule has 0 aromatic carbocycles. The number of rotatable bonds is 2. The first-order valence-electron chi connectivity index (χ1n) is 3.17. The van der Waals surface area contributed by atoms with Crippen molar-refractivity contribution < 1.29 is 4.79 Å². The van der Waals surface area contributed by atoms with E-state index in [1.165, 1.54) is 0 Å². The van der Waals surface area contributed by atoms with Crippen LogP contribution in [0.3, 0.4) is 0 Å². The molecule has 0 aliphatic rings. The van der Waals surface area contributed by atoms with Gasteiger partial charge >= 0.3 is 0 Å². The quantitative estimate of drug-likeness (QED) is 0.351. The Hall–Kier alpha value is -0.695. The van der Waals surface area contributed by atoms with E-state index in [0.29, 0.717) is 11.3 Å². The van der Waals surface area contributed by atoms with Crippen molar-refractivity contribution >= 4 is 30.8 Å². The number of hydrogen-bond acceptors (Lipinski definition) is 1. The number of ketones is 1. The van der Waals surface area contributed by atoms with Crippen LogP contribution in [0.4, 0.5) is 0 Å². The highest BCUT2D eigenvalue weighted by atomic mass is 35.5. The summed E-state index contributed by atoms with van der Waals surface area (Å²) >= 11 is 5.36. The molecule has 0 bridgehead atoms. The maximum atomic E-state index is 11.0. The maximum absolute atomic E-state index is 11.0. The number of aromatic nitrogens is 1. The van der Waals surface area contributed by atoms with Gasteiger partial charge in [0.05, 0.1) is 11.6 Å². The Morgan fingerprint density at radius 2 is 2.36 bits per heavy atom. The van der Waals surface area contributed by atoms with Gasteiger partial charge in [-0.2, -0.15) is 0 Å². The van der Waals surface area contributed by atoms with Crippen molar-refractivity contribution in [1.82, 2.24) is 4.57 Å². The minimum absolute atomic E-state index is 0.00269. The van der Waals surface area contributed by atoms with Gasteiger partial charge in [0.1, 0.15) is 7.85 Å². The highest BCUT2D eigenvalue weighted by Gasteiger charge is 2.07. The molecule has 11 heavy (non-hydrogen) atoms. The molecule has 1 aromatic heterocycles. The normalized spacial score (nSPS) is 10.0. The van der Waals surface area contributed by atoms with Crippen LogP contribution in [0.1, 0.15) is 10.5 Å². The minimum Gasteiger partial charge on any atom is -0.355 e. The summed E-state index contributed by atoms with van der Waals surface area (Å²) in [5, 5.41) is 0. The van der Waals surface area contributed by atoms with Crippen LogP contribution < -0.4 is 5.59 Å². The van der Waals surface area contributed by atoms with Crippen LogP contribution in [-0.4, -0.2) is 24.1 Å². The van der Waals surface area contributed by atoms with Crippen LogP contribution in [0.15, 0.2) is 12.1 Å². The van der Waals surface area contributed by atoms with Crippen molar-refractivity contribution in [3.05, 3.63) is 17.8 Å². The Morgan fingerprint density at radius 3 is 2.73 bits per heavy atom. The average Bonchev–Trinajstić information content (AvgIpc) is 2.32. The topological polar surface area (TPSA) is 22.0 Å². The fourth-order valence-corrected chi connectivity index (χ4v) is 1.01. The van der Waals surface area contributed by atoms with Gasteiger partial charge in [-0.15, -0.1) is 11.6 Å². The van der Waals surface area contributed by atoms with Gasteiger partial charge in [0.25, 0.3) is 0 Å². The van der Waals surface area contributed by atoms with Gasteiger partial charge in [0.2, 0.25) is 0 Å². The number of nitrogens with zero attached hydrogens (tertiary/aromatic N) is 1. The Balaban J connectivity index is 3.04. The van der Waals surface area contributed by atoms with Crippen molar-refractivity contribution in [2.45, 2.75) is 0 Å². The Kier molecular flexibility index (Phi) is 2.40. The SMILES string of the molecule is [B]c1ccc(C(=O)CCl)n1C. The molecule has 0 aliphatic carbocycles. The summed E-state index contributed by atoms with van der Waals surface area (Å²) in [6.07, 6.45) is 0. The van der Waals surface area contributed by atoms with E-state index in [1.807, 2.05) is 0 Å².